The average molecular weight is 382 g/mol. The van der Waals surface area contributed by atoms with Crippen molar-refractivity contribution in [3.63, 3.8) is 0 Å². The summed E-state index contributed by atoms with van der Waals surface area (Å²) in [7, 11) is 0. The molecule has 7 heteroatoms. The monoisotopic (exact) mass is 382 g/mol. The lowest BCUT2D eigenvalue weighted by molar-refractivity contribution is -0.128. The van der Waals surface area contributed by atoms with Crippen molar-refractivity contribution in [1.82, 2.24) is 4.98 Å². The molecule has 0 spiro atoms. The Hall–Kier alpha value is -3.09. The van der Waals surface area contributed by atoms with Crippen LogP contribution in [0.2, 0.25) is 0 Å². The van der Waals surface area contributed by atoms with E-state index in [1.165, 1.54) is 10.5 Å². The van der Waals surface area contributed by atoms with Gasteiger partial charge in [-0.2, -0.15) is 0 Å². The number of aromatic nitrogens is 1. The van der Waals surface area contributed by atoms with Crippen molar-refractivity contribution in [2.45, 2.75) is 45.6 Å². The first-order valence-electron chi connectivity index (χ1n) is 9.34. The summed E-state index contributed by atoms with van der Waals surface area (Å²) in [5.74, 6) is 0.360. The number of carbonyl (C=O) groups is 2. The number of hydrogen-bond donors (Lipinski definition) is 2. The number of anilines is 3. The first-order chi connectivity index (χ1) is 13.2. The molecule has 0 saturated heterocycles. The molecule has 1 aromatic heterocycles. The minimum absolute atomic E-state index is 0.0350. The van der Waals surface area contributed by atoms with Crippen LogP contribution in [0.5, 0.6) is 5.75 Å². The molecule has 2 heterocycles. The third-order valence-electron chi connectivity index (χ3n) is 4.63. The normalized spacial score (nSPS) is 16.4. The first kappa shape index (κ1) is 19.7. The van der Waals surface area contributed by atoms with Crippen LogP contribution in [0.4, 0.5) is 17.3 Å². The van der Waals surface area contributed by atoms with Gasteiger partial charge in [-0.25, -0.2) is 4.98 Å². The molecule has 148 valence electrons. The molecular formula is C21H26N4O3. The van der Waals surface area contributed by atoms with Crippen molar-refractivity contribution >= 4 is 29.1 Å². The van der Waals surface area contributed by atoms with Crippen molar-refractivity contribution < 1.29 is 14.3 Å². The van der Waals surface area contributed by atoms with E-state index in [1.807, 2.05) is 31.2 Å². The fourth-order valence-electron chi connectivity index (χ4n) is 3.03. The third kappa shape index (κ3) is 4.08. The van der Waals surface area contributed by atoms with E-state index in [4.69, 9.17) is 10.5 Å². The Morgan fingerprint density at radius 3 is 2.50 bits per heavy atom. The second-order valence-corrected chi connectivity index (χ2v) is 7.87. The molecule has 1 aromatic carbocycles. The fraction of sp³-hybridized carbons (Fsp3) is 0.381. The van der Waals surface area contributed by atoms with Gasteiger partial charge in [0.25, 0.3) is 5.91 Å². The molecule has 1 aliphatic heterocycles. The molecule has 7 nitrogen and oxygen atoms in total. The number of nitrogens with zero attached hydrogens (tertiary/aromatic N) is 2. The van der Waals surface area contributed by atoms with Gasteiger partial charge >= 0.3 is 0 Å². The Morgan fingerprint density at radius 1 is 1.21 bits per heavy atom. The van der Waals surface area contributed by atoms with E-state index in [0.29, 0.717) is 17.9 Å². The number of nitrogen functional groups attached to an aromatic ring is 1. The van der Waals surface area contributed by atoms with Gasteiger partial charge in [0.1, 0.15) is 12.4 Å². The van der Waals surface area contributed by atoms with Gasteiger partial charge in [0.05, 0.1) is 0 Å². The summed E-state index contributed by atoms with van der Waals surface area (Å²) < 4.78 is 5.68. The zero-order valence-electron chi connectivity index (χ0n) is 16.7. The van der Waals surface area contributed by atoms with Crippen LogP contribution in [-0.2, 0) is 15.0 Å². The Morgan fingerprint density at radius 2 is 1.89 bits per heavy atom. The quantitative estimate of drug-likeness (QED) is 0.847. The van der Waals surface area contributed by atoms with Crippen LogP contribution < -0.4 is 20.7 Å². The van der Waals surface area contributed by atoms with Crippen molar-refractivity contribution in [3.8, 4) is 5.75 Å². The number of rotatable bonds is 4. The van der Waals surface area contributed by atoms with Gasteiger partial charge in [0, 0.05) is 5.69 Å². The predicted octanol–water partition coefficient (Wildman–Crippen LogP) is 3.10. The maximum Gasteiger partial charge on any atom is 0.269 e. The highest BCUT2D eigenvalue weighted by molar-refractivity contribution is 6.05. The molecule has 2 aromatic rings. The Labute approximate surface area is 164 Å². The summed E-state index contributed by atoms with van der Waals surface area (Å²) in [5, 5.41) is 2.83. The van der Waals surface area contributed by atoms with E-state index in [0.717, 1.165) is 0 Å². The van der Waals surface area contributed by atoms with Gasteiger partial charge < -0.3 is 15.8 Å². The van der Waals surface area contributed by atoms with Crippen LogP contribution in [0.1, 0.15) is 39.7 Å². The molecule has 0 bridgehead atoms. The summed E-state index contributed by atoms with van der Waals surface area (Å²) in [5.41, 5.74) is 7.64. The second-order valence-electron chi connectivity index (χ2n) is 7.87. The molecule has 1 unspecified atom stereocenters. The Kier molecular flexibility index (Phi) is 5.27. The van der Waals surface area contributed by atoms with E-state index in [9.17, 15) is 9.59 Å². The summed E-state index contributed by atoms with van der Waals surface area (Å²) >= 11 is 0. The number of nitrogens with one attached hydrogen (secondary N) is 1. The lowest BCUT2D eigenvalue weighted by Gasteiger charge is -2.32. The number of pyridine rings is 1. The van der Waals surface area contributed by atoms with Gasteiger partial charge in [-0.3, -0.25) is 14.5 Å². The number of benzene rings is 1. The van der Waals surface area contributed by atoms with Gasteiger partial charge in [0.15, 0.2) is 17.7 Å². The zero-order valence-corrected chi connectivity index (χ0v) is 16.7. The summed E-state index contributed by atoms with van der Waals surface area (Å²) in [4.78, 5) is 30.8. The number of ether oxygens (including phenoxy) is 1. The summed E-state index contributed by atoms with van der Waals surface area (Å²) in [6, 6.07) is 11.0. The Balaban J connectivity index is 1.77. The summed E-state index contributed by atoms with van der Waals surface area (Å²) in [6.45, 7) is 8.08. The van der Waals surface area contributed by atoms with E-state index in [2.05, 4.69) is 31.1 Å². The largest absolute Gasteiger partial charge is 0.477 e. The lowest BCUT2D eigenvalue weighted by Crippen LogP contribution is -2.49. The van der Waals surface area contributed by atoms with Crippen molar-refractivity contribution in [2.24, 2.45) is 0 Å². The fourth-order valence-corrected chi connectivity index (χ4v) is 3.03. The summed E-state index contributed by atoms with van der Waals surface area (Å²) in [6.07, 6.45) is -0.147. The van der Waals surface area contributed by atoms with Crippen LogP contribution >= 0.6 is 0 Å². The van der Waals surface area contributed by atoms with E-state index in [1.54, 1.807) is 12.1 Å². The lowest BCUT2D eigenvalue weighted by atomic mass is 9.87. The minimum atomic E-state index is -0.642. The van der Waals surface area contributed by atoms with Crippen molar-refractivity contribution in [1.29, 1.82) is 0 Å². The van der Waals surface area contributed by atoms with Crippen LogP contribution in [0, 0.1) is 0 Å². The molecule has 3 rings (SSSR count). The number of nitrogens with two attached hydrogens (primary N) is 1. The molecule has 28 heavy (non-hydrogen) atoms. The second kappa shape index (κ2) is 7.50. The molecule has 1 aliphatic rings. The molecule has 0 aliphatic carbocycles. The van der Waals surface area contributed by atoms with Gasteiger partial charge in [-0.1, -0.05) is 39.8 Å². The van der Waals surface area contributed by atoms with Crippen molar-refractivity contribution in [3.05, 3.63) is 42.0 Å². The number of amides is 2. The molecule has 0 radical (unpaired) electrons. The standard InChI is InChI=1S/C21H26N4O3/c1-5-15-20(27)25(19-16(28-15)10-11-17(22)24-19)12-18(26)23-14-8-6-13(7-9-14)21(2,3)4/h6-11,15H,5,12H2,1-4H3,(H2,22,24)(H,23,26). The van der Waals surface area contributed by atoms with Gasteiger partial charge in [0.2, 0.25) is 5.91 Å². The van der Waals surface area contributed by atoms with Crippen LogP contribution in [0.25, 0.3) is 0 Å². The van der Waals surface area contributed by atoms with Crippen LogP contribution in [0.15, 0.2) is 36.4 Å². The number of fused-ring (bicyclic) bond motifs is 1. The smallest absolute Gasteiger partial charge is 0.269 e. The topological polar surface area (TPSA) is 97.6 Å². The number of carbonyl (C=O) groups excluding carboxylic acids is 2. The third-order valence-corrected chi connectivity index (χ3v) is 4.63. The molecule has 0 fully saturated rings. The number of hydrogen-bond acceptors (Lipinski definition) is 5. The molecular weight excluding hydrogens is 356 g/mol. The average Bonchev–Trinajstić information content (AvgIpc) is 2.63. The predicted molar refractivity (Wildman–Crippen MR) is 109 cm³/mol. The van der Waals surface area contributed by atoms with E-state index >= 15 is 0 Å². The molecule has 2 amide bonds. The highest BCUT2D eigenvalue weighted by Crippen LogP contribution is 2.33. The van der Waals surface area contributed by atoms with E-state index in [-0.39, 0.29) is 35.4 Å². The Bertz CT molecular complexity index is 888. The highest BCUT2D eigenvalue weighted by atomic mass is 16.5. The van der Waals surface area contributed by atoms with Crippen molar-refractivity contribution in [2.75, 3.05) is 22.5 Å². The SMILES string of the molecule is CCC1Oc2ccc(N)nc2N(CC(=O)Nc2ccc(C(C)(C)C)cc2)C1=O. The molecule has 1 atom stereocenters. The minimum Gasteiger partial charge on any atom is -0.477 e. The maximum absolute atomic E-state index is 12.7. The van der Waals surface area contributed by atoms with E-state index < -0.39 is 6.10 Å². The van der Waals surface area contributed by atoms with Crippen LogP contribution in [0.3, 0.4) is 0 Å². The zero-order chi connectivity index (χ0) is 20.5. The molecule has 0 saturated carbocycles. The maximum atomic E-state index is 12.7. The highest BCUT2D eigenvalue weighted by Gasteiger charge is 2.35. The van der Waals surface area contributed by atoms with Gasteiger partial charge in [-0.05, 0) is 41.7 Å². The first-order valence-corrected chi connectivity index (χ1v) is 9.34. The molecule has 3 N–H and O–H groups in total. The van der Waals surface area contributed by atoms with Crippen LogP contribution in [-0.4, -0.2) is 29.4 Å². The van der Waals surface area contributed by atoms with Gasteiger partial charge in [-0.15, -0.1) is 0 Å².